The van der Waals surface area contributed by atoms with E-state index in [-0.39, 0.29) is 18.4 Å². The van der Waals surface area contributed by atoms with Crippen LogP contribution in [0.5, 0.6) is 0 Å². The highest BCUT2D eigenvalue weighted by atomic mass is 16.5. The smallest absolute Gasteiger partial charge is 0.275 e. The Morgan fingerprint density at radius 3 is 2.04 bits per heavy atom. The van der Waals surface area contributed by atoms with E-state index >= 15 is 0 Å². The minimum Gasteiger partial charge on any atom is -0.288 e. The molecule has 1 aliphatic heterocycles. The second-order valence-corrected chi connectivity index (χ2v) is 6.43. The van der Waals surface area contributed by atoms with Gasteiger partial charge in [-0.15, -0.1) is 0 Å². The number of fused-ring (bicyclic) bond motifs is 1. The van der Waals surface area contributed by atoms with Gasteiger partial charge in [-0.1, -0.05) is 48.5 Å². The molecular formula is C22H16N2O4. The fourth-order valence-corrected chi connectivity index (χ4v) is 3.37. The van der Waals surface area contributed by atoms with Gasteiger partial charge in [-0.3, -0.25) is 24.5 Å². The molecule has 0 radical (unpaired) electrons. The Morgan fingerprint density at radius 2 is 1.43 bits per heavy atom. The number of imide groups is 1. The molecule has 3 amide bonds. The lowest BCUT2D eigenvalue weighted by Crippen LogP contribution is -2.29. The fraction of sp³-hybridized carbons (Fsp3) is 0.0455. The highest BCUT2D eigenvalue weighted by Crippen LogP contribution is 2.28. The van der Waals surface area contributed by atoms with Crippen LogP contribution in [0.15, 0.2) is 72.8 Å². The molecule has 0 spiro atoms. The molecule has 1 heterocycles. The number of carbonyl (C=O) groups is 3. The molecule has 0 aromatic heterocycles. The van der Waals surface area contributed by atoms with Crippen LogP contribution in [0.2, 0.25) is 0 Å². The van der Waals surface area contributed by atoms with Crippen molar-refractivity contribution in [1.82, 2.24) is 10.4 Å². The van der Waals surface area contributed by atoms with Crippen LogP contribution in [-0.2, 0) is 6.54 Å². The Labute approximate surface area is 161 Å². The lowest BCUT2D eigenvalue weighted by atomic mass is 9.96. The second kappa shape index (κ2) is 7.09. The van der Waals surface area contributed by atoms with Gasteiger partial charge in [-0.05, 0) is 41.0 Å². The van der Waals surface area contributed by atoms with Crippen LogP contribution >= 0.6 is 0 Å². The van der Waals surface area contributed by atoms with Crippen LogP contribution in [0, 0.1) is 0 Å². The number of hydrogen-bond acceptors (Lipinski definition) is 4. The normalized spacial score (nSPS) is 12.8. The molecule has 138 valence electrons. The van der Waals surface area contributed by atoms with Crippen LogP contribution in [-0.4, -0.2) is 27.8 Å². The summed E-state index contributed by atoms with van der Waals surface area (Å²) in [5, 5.41) is 9.03. The first kappa shape index (κ1) is 17.6. The Bertz CT molecular complexity index is 1060. The van der Waals surface area contributed by atoms with Crippen molar-refractivity contribution in [2.24, 2.45) is 0 Å². The van der Waals surface area contributed by atoms with Crippen LogP contribution in [0.1, 0.15) is 36.6 Å². The molecule has 1 aliphatic rings. The number of hydroxylamine groups is 1. The molecule has 0 unspecified atom stereocenters. The van der Waals surface area contributed by atoms with Crippen molar-refractivity contribution in [1.29, 1.82) is 0 Å². The average molecular weight is 372 g/mol. The van der Waals surface area contributed by atoms with Crippen molar-refractivity contribution in [3.05, 3.63) is 95.1 Å². The quantitative estimate of drug-likeness (QED) is 0.418. The third-order valence-electron chi connectivity index (χ3n) is 4.73. The van der Waals surface area contributed by atoms with Gasteiger partial charge in [0.25, 0.3) is 17.7 Å². The summed E-state index contributed by atoms with van der Waals surface area (Å²) in [5.41, 5.74) is 4.81. The zero-order chi connectivity index (χ0) is 19.7. The zero-order valence-electron chi connectivity index (χ0n) is 14.8. The van der Waals surface area contributed by atoms with Gasteiger partial charge in [0.2, 0.25) is 0 Å². The van der Waals surface area contributed by atoms with Crippen molar-refractivity contribution >= 4 is 17.7 Å². The fourth-order valence-electron chi connectivity index (χ4n) is 3.37. The highest BCUT2D eigenvalue weighted by Gasteiger charge is 2.35. The predicted molar refractivity (Wildman–Crippen MR) is 102 cm³/mol. The van der Waals surface area contributed by atoms with E-state index in [1.807, 2.05) is 30.3 Å². The van der Waals surface area contributed by atoms with E-state index in [2.05, 4.69) is 0 Å². The lowest BCUT2D eigenvalue weighted by molar-refractivity contribution is 0.0640. The van der Waals surface area contributed by atoms with Gasteiger partial charge < -0.3 is 0 Å². The maximum absolute atomic E-state index is 12.6. The van der Waals surface area contributed by atoms with E-state index in [0.717, 1.165) is 5.56 Å². The average Bonchev–Trinajstić information content (AvgIpc) is 2.99. The number of hydrogen-bond donors (Lipinski definition) is 2. The summed E-state index contributed by atoms with van der Waals surface area (Å²) in [6.45, 7) is 0.0905. The number of nitrogens with zero attached hydrogens (tertiary/aromatic N) is 1. The summed E-state index contributed by atoms with van der Waals surface area (Å²) in [5.74, 6) is -1.30. The van der Waals surface area contributed by atoms with E-state index in [1.165, 1.54) is 4.90 Å². The molecule has 0 saturated heterocycles. The van der Waals surface area contributed by atoms with Crippen molar-refractivity contribution in [2.45, 2.75) is 6.54 Å². The molecule has 0 fully saturated rings. The van der Waals surface area contributed by atoms with E-state index in [9.17, 15) is 14.4 Å². The zero-order valence-corrected chi connectivity index (χ0v) is 14.8. The third-order valence-corrected chi connectivity index (χ3v) is 4.73. The van der Waals surface area contributed by atoms with Crippen LogP contribution < -0.4 is 5.48 Å². The minimum atomic E-state index is -0.633. The molecular weight excluding hydrogens is 356 g/mol. The van der Waals surface area contributed by atoms with Crippen LogP contribution in [0.25, 0.3) is 11.1 Å². The Kier molecular flexibility index (Phi) is 4.47. The molecule has 6 nitrogen and oxygen atoms in total. The summed E-state index contributed by atoms with van der Waals surface area (Å²) in [6, 6.07) is 20.9. The topological polar surface area (TPSA) is 86.7 Å². The first-order valence-electron chi connectivity index (χ1n) is 8.68. The highest BCUT2D eigenvalue weighted by molar-refractivity contribution is 6.21. The van der Waals surface area contributed by atoms with Gasteiger partial charge in [0.15, 0.2) is 0 Å². The Hall–Kier alpha value is -3.77. The molecule has 4 rings (SSSR count). The van der Waals surface area contributed by atoms with Crippen molar-refractivity contribution in [3.8, 4) is 11.1 Å². The number of benzene rings is 3. The van der Waals surface area contributed by atoms with Crippen molar-refractivity contribution in [2.75, 3.05) is 0 Å². The van der Waals surface area contributed by atoms with Gasteiger partial charge in [0.05, 0.1) is 17.7 Å². The summed E-state index contributed by atoms with van der Waals surface area (Å²) >= 11 is 0. The largest absolute Gasteiger partial charge is 0.288 e. The summed E-state index contributed by atoms with van der Waals surface area (Å²) in [7, 11) is 0. The molecule has 3 aromatic carbocycles. The minimum absolute atomic E-state index is 0.0905. The Balaban J connectivity index is 1.71. The third kappa shape index (κ3) is 2.95. The van der Waals surface area contributed by atoms with E-state index < -0.39 is 5.91 Å². The molecule has 28 heavy (non-hydrogen) atoms. The maximum Gasteiger partial charge on any atom is 0.275 e. The lowest BCUT2D eigenvalue weighted by Gasteiger charge is -2.16. The Morgan fingerprint density at radius 1 is 0.821 bits per heavy atom. The van der Waals surface area contributed by atoms with E-state index in [4.69, 9.17) is 5.21 Å². The van der Waals surface area contributed by atoms with Crippen molar-refractivity contribution < 1.29 is 19.6 Å². The second-order valence-electron chi connectivity index (χ2n) is 6.43. The standard InChI is InChI=1S/C22H16N2O4/c25-20(23-28)16-11-10-14(12-19(16)15-6-2-1-3-7-15)13-24-21(26)17-8-4-5-9-18(17)22(24)27/h1-12,28H,13H2,(H,23,25). The molecule has 3 aromatic rings. The molecule has 0 bridgehead atoms. The van der Waals surface area contributed by atoms with Gasteiger partial charge in [-0.25, -0.2) is 5.48 Å². The molecule has 6 heteroatoms. The van der Waals surface area contributed by atoms with Crippen LogP contribution in [0.4, 0.5) is 0 Å². The first-order chi connectivity index (χ1) is 13.6. The number of rotatable bonds is 4. The van der Waals surface area contributed by atoms with Gasteiger partial charge >= 0.3 is 0 Å². The van der Waals surface area contributed by atoms with E-state index in [1.54, 1.807) is 47.9 Å². The number of carbonyl (C=O) groups excluding carboxylic acids is 3. The summed E-state index contributed by atoms with van der Waals surface area (Å²) < 4.78 is 0. The van der Waals surface area contributed by atoms with Crippen LogP contribution in [0.3, 0.4) is 0 Å². The predicted octanol–water partition coefficient (Wildman–Crippen LogP) is 3.27. The monoisotopic (exact) mass is 372 g/mol. The number of nitrogens with one attached hydrogen (secondary N) is 1. The molecule has 0 aliphatic carbocycles. The van der Waals surface area contributed by atoms with Gasteiger partial charge in [-0.2, -0.15) is 0 Å². The maximum atomic E-state index is 12.6. The SMILES string of the molecule is O=C(NO)c1ccc(CN2C(=O)c3ccccc3C2=O)cc1-c1ccccc1. The summed E-state index contributed by atoms with van der Waals surface area (Å²) in [4.78, 5) is 38.4. The number of amides is 3. The van der Waals surface area contributed by atoms with Gasteiger partial charge in [0, 0.05) is 5.56 Å². The van der Waals surface area contributed by atoms with E-state index in [0.29, 0.717) is 27.8 Å². The van der Waals surface area contributed by atoms with Gasteiger partial charge in [0.1, 0.15) is 0 Å². The summed E-state index contributed by atoms with van der Waals surface area (Å²) in [6.07, 6.45) is 0. The molecule has 0 saturated carbocycles. The molecule has 2 N–H and O–H groups in total. The molecule has 0 atom stereocenters. The van der Waals surface area contributed by atoms with Crippen molar-refractivity contribution in [3.63, 3.8) is 0 Å². The first-order valence-corrected chi connectivity index (χ1v) is 8.68.